The number of benzene rings is 1. The lowest BCUT2D eigenvalue weighted by Crippen LogP contribution is -2.27. The zero-order chi connectivity index (χ0) is 11.8. The first kappa shape index (κ1) is 12.6. The molecule has 2 nitrogen and oxygen atoms in total. The van der Waals surface area contributed by atoms with Crippen molar-refractivity contribution in [3.8, 4) is 0 Å². The lowest BCUT2D eigenvalue weighted by atomic mass is 9.93. The maximum atomic E-state index is 5.70. The number of rotatable bonds is 6. The summed E-state index contributed by atoms with van der Waals surface area (Å²) in [5, 5.41) is 3.41. The van der Waals surface area contributed by atoms with E-state index in [-0.39, 0.29) is 0 Å². The van der Waals surface area contributed by atoms with Gasteiger partial charge in [0.25, 0.3) is 0 Å². The van der Waals surface area contributed by atoms with Gasteiger partial charge in [0.05, 0.1) is 6.61 Å². The summed E-state index contributed by atoms with van der Waals surface area (Å²) in [5.74, 6) is 0.927. The first-order valence-electron chi connectivity index (χ1n) is 6.77. The Morgan fingerprint density at radius 3 is 2.65 bits per heavy atom. The van der Waals surface area contributed by atoms with Crippen LogP contribution in [0.3, 0.4) is 0 Å². The van der Waals surface area contributed by atoms with E-state index in [1.807, 2.05) is 6.07 Å². The maximum Gasteiger partial charge on any atom is 0.0716 e. The third-order valence-corrected chi connectivity index (χ3v) is 3.47. The summed E-state index contributed by atoms with van der Waals surface area (Å²) in [5.41, 5.74) is 1.27. The normalized spacial score (nSPS) is 17.2. The van der Waals surface area contributed by atoms with E-state index >= 15 is 0 Å². The summed E-state index contributed by atoms with van der Waals surface area (Å²) in [4.78, 5) is 0. The van der Waals surface area contributed by atoms with E-state index in [9.17, 15) is 0 Å². The van der Waals surface area contributed by atoms with Crippen molar-refractivity contribution in [1.82, 2.24) is 5.32 Å². The first-order chi connectivity index (χ1) is 8.45. The van der Waals surface area contributed by atoms with Crippen molar-refractivity contribution in [2.24, 2.45) is 5.92 Å². The fraction of sp³-hybridized carbons (Fsp3) is 0.600. The van der Waals surface area contributed by atoms with Crippen LogP contribution in [0.15, 0.2) is 30.3 Å². The molecule has 2 heteroatoms. The Morgan fingerprint density at radius 1 is 1.12 bits per heavy atom. The smallest absolute Gasteiger partial charge is 0.0716 e. The van der Waals surface area contributed by atoms with Crippen LogP contribution in [0.4, 0.5) is 0 Å². The molecule has 0 radical (unpaired) electrons. The Kier molecular flexibility index (Phi) is 5.53. The Balaban J connectivity index is 1.51. The molecule has 1 fully saturated rings. The monoisotopic (exact) mass is 233 g/mol. The summed E-state index contributed by atoms with van der Waals surface area (Å²) >= 11 is 0. The van der Waals surface area contributed by atoms with E-state index in [1.165, 1.54) is 44.3 Å². The molecule has 1 N–H and O–H groups in total. The van der Waals surface area contributed by atoms with Gasteiger partial charge >= 0.3 is 0 Å². The Labute approximate surface area is 104 Å². The Morgan fingerprint density at radius 2 is 1.88 bits per heavy atom. The average molecular weight is 233 g/mol. The standard InChI is InChI=1S/C15H23NO/c1-2-5-15(6-3-1)13-17-12-4-7-14-8-10-16-11-9-14/h1-3,5-6,14,16H,4,7-13H2. The molecule has 0 aliphatic carbocycles. The minimum Gasteiger partial charge on any atom is -0.377 e. The second kappa shape index (κ2) is 7.46. The number of ether oxygens (including phenoxy) is 1. The highest BCUT2D eigenvalue weighted by atomic mass is 16.5. The van der Waals surface area contributed by atoms with E-state index < -0.39 is 0 Å². The highest BCUT2D eigenvalue weighted by Gasteiger charge is 2.11. The van der Waals surface area contributed by atoms with Crippen molar-refractivity contribution in [3.63, 3.8) is 0 Å². The third kappa shape index (κ3) is 4.88. The van der Waals surface area contributed by atoms with Gasteiger partial charge in [0, 0.05) is 6.61 Å². The van der Waals surface area contributed by atoms with Gasteiger partial charge in [-0.05, 0) is 50.3 Å². The minimum absolute atomic E-state index is 0.757. The quantitative estimate of drug-likeness (QED) is 0.763. The average Bonchev–Trinajstić information content (AvgIpc) is 2.41. The summed E-state index contributed by atoms with van der Waals surface area (Å²) in [6.07, 6.45) is 5.23. The van der Waals surface area contributed by atoms with E-state index in [4.69, 9.17) is 4.74 Å². The topological polar surface area (TPSA) is 21.3 Å². The summed E-state index contributed by atoms with van der Waals surface area (Å²) in [7, 11) is 0. The molecule has 2 rings (SSSR count). The van der Waals surface area contributed by atoms with Crippen molar-refractivity contribution in [2.75, 3.05) is 19.7 Å². The van der Waals surface area contributed by atoms with E-state index in [0.29, 0.717) is 0 Å². The van der Waals surface area contributed by atoms with Crippen molar-refractivity contribution < 1.29 is 4.74 Å². The highest BCUT2D eigenvalue weighted by molar-refractivity contribution is 5.13. The van der Waals surface area contributed by atoms with Crippen LogP contribution >= 0.6 is 0 Å². The molecule has 1 heterocycles. The van der Waals surface area contributed by atoms with Crippen molar-refractivity contribution in [1.29, 1.82) is 0 Å². The van der Waals surface area contributed by atoms with Crippen molar-refractivity contribution in [3.05, 3.63) is 35.9 Å². The molecule has 0 bridgehead atoms. The van der Waals surface area contributed by atoms with Crippen LogP contribution < -0.4 is 5.32 Å². The zero-order valence-electron chi connectivity index (χ0n) is 10.5. The number of hydrogen-bond acceptors (Lipinski definition) is 2. The molecule has 1 aromatic carbocycles. The van der Waals surface area contributed by atoms with Crippen molar-refractivity contribution >= 4 is 0 Å². The second-order valence-corrected chi connectivity index (χ2v) is 4.87. The molecular weight excluding hydrogens is 210 g/mol. The number of hydrogen-bond donors (Lipinski definition) is 1. The largest absolute Gasteiger partial charge is 0.377 e. The van der Waals surface area contributed by atoms with Crippen LogP contribution in [0.25, 0.3) is 0 Å². The summed E-state index contributed by atoms with van der Waals surface area (Å²) < 4.78 is 5.70. The molecule has 0 saturated carbocycles. The van der Waals surface area contributed by atoms with Gasteiger partial charge in [0.1, 0.15) is 0 Å². The maximum absolute atomic E-state index is 5.70. The molecule has 0 spiro atoms. The van der Waals surface area contributed by atoms with Gasteiger partial charge in [0.2, 0.25) is 0 Å². The minimum atomic E-state index is 0.757. The lowest BCUT2D eigenvalue weighted by molar-refractivity contribution is 0.112. The molecule has 17 heavy (non-hydrogen) atoms. The fourth-order valence-electron chi connectivity index (χ4n) is 2.41. The molecule has 0 atom stereocenters. The fourth-order valence-corrected chi connectivity index (χ4v) is 2.41. The SMILES string of the molecule is c1ccc(COCCCC2CCNCC2)cc1. The van der Waals surface area contributed by atoms with Crippen LogP contribution in [0, 0.1) is 5.92 Å². The first-order valence-corrected chi connectivity index (χ1v) is 6.77. The Hall–Kier alpha value is -0.860. The zero-order valence-corrected chi connectivity index (χ0v) is 10.5. The Bertz CT molecular complexity index is 293. The third-order valence-electron chi connectivity index (χ3n) is 3.47. The molecule has 1 saturated heterocycles. The van der Waals surface area contributed by atoms with Gasteiger partial charge in [-0.1, -0.05) is 30.3 Å². The summed E-state index contributed by atoms with van der Waals surface area (Å²) in [6.45, 7) is 4.07. The second-order valence-electron chi connectivity index (χ2n) is 4.87. The molecule has 1 aliphatic rings. The molecular formula is C15H23NO. The van der Waals surface area contributed by atoms with Crippen molar-refractivity contribution in [2.45, 2.75) is 32.3 Å². The van der Waals surface area contributed by atoms with Gasteiger partial charge in [0.15, 0.2) is 0 Å². The molecule has 94 valence electrons. The van der Waals surface area contributed by atoms with Crippen LogP contribution in [-0.4, -0.2) is 19.7 Å². The predicted octanol–water partition coefficient (Wildman–Crippen LogP) is 2.98. The van der Waals surface area contributed by atoms with Gasteiger partial charge in [-0.2, -0.15) is 0 Å². The molecule has 0 amide bonds. The lowest BCUT2D eigenvalue weighted by Gasteiger charge is -2.22. The molecule has 1 aliphatic heterocycles. The van der Waals surface area contributed by atoms with Crippen LogP contribution in [-0.2, 0) is 11.3 Å². The van der Waals surface area contributed by atoms with Crippen LogP contribution in [0.2, 0.25) is 0 Å². The number of nitrogens with one attached hydrogen (secondary N) is 1. The van der Waals surface area contributed by atoms with Gasteiger partial charge < -0.3 is 10.1 Å². The van der Waals surface area contributed by atoms with Gasteiger partial charge in [-0.25, -0.2) is 0 Å². The highest BCUT2D eigenvalue weighted by Crippen LogP contribution is 2.17. The van der Waals surface area contributed by atoms with Gasteiger partial charge in [-0.15, -0.1) is 0 Å². The predicted molar refractivity (Wildman–Crippen MR) is 70.9 cm³/mol. The van der Waals surface area contributed by atoms with E-state index in [0.717, 1.165) is 19.1 Å². The van der Waals surface area contributed by atoms with Gasteiger partial charge in [-0.3, -0.25) is 0 Å². The van der Waals surface area contributed by atoms with E-state index in [2.05, 4.69) is 29.6 Å². The molecule has 1 aromatic rings. The van der Waals surface area contributed by atoms with Crippen LogP contribution in [0.5, 0.6) is 0 Å². The summed E-state index contributed by atoms with van der Waals surface area (Å²) in [6, 6.07) is 10.4. The number of piperidine rings is 1. The van der Waals surface area contributed by atoms with E-state index in [1.54, 1.807) is 0 Å². The molecule has 0 aromatic heterocycles. The van der Waals surface area contributed by atoms with Crippen LogP contribution in [0.1, 0.15) is 31.2 Å². The molecule has 0 unspecified atom stereocenters.